The van der Waals surface area contributed by atoms with Crippen LogP contribution in [-0.4, -0.2) is 68.6 Å². The number of imidazole rings is 1. The average molecular weight is 463 g/mol. The second kappa shape index (κ2) is 9.38. The lowest BCUT2D eigenvalue weighted by atomic mass is 10.1. The molecular weight excluding hydrogens is 436 g/mol. The molecule has 0 aliphatic carbocycles. The highest BCUT2D eigenvalue weighted by Crippen LogP contribution is 2.32. The number of piperazine rings is 1. The standard InChI is InChI=1S/C23H26N8O3/c1-16(24)29-8-9-31(21-4-5-26-23(28-21)30-7-6-25-14-30)18(13-29)11-22(32)27-12-17-2-3-19-20(10-17)34-15-33-19/h2-7,10,14,18,24H,8-9,11-13,15H2,1H3,(H,27,32). The molecule has 2 aromatic heterocycles. The van der Waals surface area contributed by atoms with Crippen molar-refractivity contribution < 1.29 is 14.3 Å². The molecule has 1 unspecified atom stereocenters. The number of rotatable bonds is 6. The van der Waals surface area contributed by atoms with Gasteiger partial charge < -0.3 is 24.6 Å². The first kappa shape index (κ1) is 21.7. The first-order valence-electron chi connectivity index (χ1n) is 11.1. The summed E-state index contributed by atoms with van der Waals surface area (Å²) in [4.78, 5) is 30.1. The van der Waals surface area contributed by atoms with Gasteiger partial charge in [-0.3, -0.25) is 14.8 Å². The largest absolute Gasteiger partial charge is 0.454 e. The van der Waals surface area contributed by atoms with Crippen LogP contribution in [0.25, 0.3) is 5.95 Å². The molecule has 5 rings (SSSR count). The summed E-state index contributed by atoms with van der Waals surface area (Å²) in [5.74, 6) is 3.10. The summed E-state index contributed by atoms with van der Waals surface area (Å²) in [6.07, 6.45) is 7.10. The number of fused-ring (bicyclic) bond motifs is 1. The fourth-order valence-electron chi connectivity index (χ4n) is 4.17. The number of amides is 1. The predicted molar refractivity (Wildman–Crippen MR) is 124 cm³/mol. The van der Waals surface area contributed by atoms with E-state index >= 15 is 0 Å². The quantitative estimate of drug-likeness (QED) is 0.418. The monoisotopic (exact) mass is 462 g/mol. The Labute approximate surface area is 196 Å². The maximum atomic E-state index is 12.9. The van der Waals surface area contributed by atoms with E-state index in [9.17, 15) is 4.79 Å². The van der Waals surface area contributed by atoms with Crippen LogP contribution in [0, 0.1) is 5.41 Å². The third-order valence-electron chi connectivity index (χ3n) is 5.96. The molecule has 1 fully saturated rings. The van der Waals surface area contributed by atoms with Crippen LogP contribution in [0.4, 0.5) is 5.82 Å². The topological polar surface area (TPSA) is 121 Å². The third-order valence-corrected chi connectivity index (χ3v) is 5.96. The first-order chi connectivity index (χ1) is 16.6. The fraction of sp³-hybridized carbons (Fsp3) is 0.348. The van der Waals surface area contributed by atoms with Gasteiger partial charge >= 0.3 is 0 Å². The van der Waals surface area contributed by atoms with Gasteiger partial charge in [-0.25, -0.2) is 9.97 Å². The summed E-state index contributed by atoms with van der Waals surface area (Å²) in [6.45, 7) is 4.29. The maximum absolute atomic E-state index is 12.9. The van der Waals surface area contributed by atoms with Crippen molar-refractivity contribution in [3.05, 3.63) is 54.7 Å². The Morgan fingerprint density at radius 3 is 2.91 bits per heavy atom. The van der Waals surface area contributed by atoms with Gasteiger partial charge in [0.05, 0.1) is 11.9 Å². The average Bonchev–Trinajstić information content (AvgIpc) is 3.55. The Morgan fingerprint density at radius 1 is 1.21 bits per heavy atom. The molecule has 2 aliphatic rings. The molecule has 0 saturated carbocycles. The summed E-state index contributed by atoms with van der Waals surface area (Å²) in [5.41, 5.74) is 0.941. The van der Waals surface area contributed by atoms with Crippen LogP contribution >= 0.6 is 0 Å². The lowest BCUT2D eigenvalue weighted by Crippen LogP contribution is -2.56. The molecule has 0 radical (unpaired) electrons. The van der Waals surface area contributed by atoms with Gasteiger partial charge in [-0.1, -0.05) is 6.07 Å². The second-order valence-electron chi connectivity index (χ2n) is 8.23. The van der Waals surface area contributed by atoms with Crippen LogP contribution in [0.5, 0.6) is 11.5 Å². The summed E-state index contributed by atoms with van der Waals surface area (Å²) < 4.78 is 12.5. The Kier molecular flexibility index (Phi) is 5.98. The van der Waals surface area contributed by atoms with Gasteiger partial charge in [0.15, 0.2) is 11.5 Å². The van der Waals surface area contributed by atoms with E-state index in [1.54, 1.807) is 36.4 Å². The number of carbonyl (C=O) groups excluding carboxylic acids is 1. The van der Waals surface area contributed by atoms with Crippen LogP contribution in [0.2, 0.25) is 0 Å². The van der Waals surface area contributed by atoms with Crippen molar-refractivity contribution in [2.24, 2.45) is 0 Å². The molecule has 1 atom stereocenters. The first-order valence-corrected chi connectivity index (χ1v) is 11.1. The van der Waals surface area contributed by atoms with Crippen LogP contribution in [0.1, 0.15) is 18.9 Å². The number of ether oxygens (including phenoxy) is 2. The second-order valence-corrected chi connectivity index (χ2v) is 8.23. The highest BCUT2D eigenvalue weighted by molar-refractivity contribution is 5.79. The van der Waals surface area contributed by atoms with Crippen LogP contribution in [0.3, 0.4) is 0 Å². The highest BCUT2D eigenvalue weighted by Gasteiger charge is 2.30. The van der Waals surface area contributed by atoms with E-state index in [-0.39, 0.29) is 25.2 Å². The number of nitrogens with zero attached hydrogens (tertiary/aromatic N) is 6. The van der Waals surface area contributed by atoms with Crippen LogP contribution in [0.15, 0.2) is 49.2 Å². The van der Waals surface area contributed by atoms with E-state index in [1.807, 2.05) is 29.2 Å². The number of amidine groups is 1. The Bertz CT molecular complexity index is 1180. The zero-order valence-electron chi connectivity index (χ0n) is 18.8. The number of benzene rings is 1. The van der Waals surface area contributed by atoms with E-state index in [1.165, 1.54) is 0 Å². The summed E-state index contributed by atoms with van der Waals surface area (Å²) in [6, 6.07) is 7.36. The minimum Gasteiger partial charge on any atom is -0.454 e. The number of hydrogen-bond acceptors (Lipinski definition) is 8. The molecular formula is C23H26N8O3. The number of carbonyl (C=O) groups is 1. The van der Waals surface area contributed by atoms with Gasteiger partial charge in [-0.2, -0.15) is 4.98 Å². The van der Waals surface area contributed by atoms with Crippen molar-refractivity contribution in [2.45, 2.75) is 25.9 Å². The van der Waals surface area contributed by atoms with Gasteiger partial charge in [0, 0.05) is 51.2 Å². The molecule has 4 heterocycles. The van der Waals surface area contributed by atoms with Crippen LogP contribution in [-0.2, 0) is 11.3 Å². The molecule has 3 aromatic rings. The number of nitrogens with one attached hydrogen (secondary N) is 2. The molecule has 2 N–H and O–H groups in total. The smallest absolute Gasteiger partial charge is 0.236 e. The van der Waals surface area contributed by atoms with Crippen molar-refractivity contribution in [3.63, 3.8) is 0 Å². The number of hydrogen-bond donors (Lipinski definition) is 2. The van der Waals surface area contributed by atoms with Crippen molar-refractivity contribution in [2.75, 3.05) is 31.3 Å². The van der Waals surface area contributed by atoms with Crippen molar-refractivity contribution in [3.8, 4) is 17.4 Å². The molecule has 1 saturated heterocycles. The van der Waals surface area contributed by atoms with E-state index in [2.05, 4.69) is 20.2 Å². The van der Waals surface area contributed by atoms with E-state index in [0.29, 0.717) is 43.7 Å². The van der Waals surface area contributed by atoms with E-state index in [4.69, 9.17) is 19.9 Å². The molecule has 1 aromatic carbocycles. The summed E-state index contributed by atoms with van der Waals surface area (Å²) >= 11 is 0. The Morgan fingerprint density at radius 2 is 2.09 bits per heavy atom. The molecule has 11 nitrogen and oxygen atoms in total. The van der Waals surface area contributed by atoms with Gasteiger partial charge in [-0.15, -0.1) is 0 Å². The highest BCUT2D eigenvalue weighted by atomic mass is 16.7. The zero-order chi connectivity index (χ0) is 23.5. The normalized spacial score (nSPS) is 17.0. The number of aromatic nitrogens is 4. The lowest BCUT2D eigenvalue weighted by molar-refractivity contribution is -0.121. The van der Waals surface area contributed by atoms with E-state index in [0.717, 1.165) is 17.1 Å². The van der Waals surface area contributed by atoms with Gasteiger partial charge in [0.2, 0.25) is 18.6 Å². The Balaban J connectivity index is 1.29. The molecule has 2 aliphatic heterocycles. The fourth-order valence-corrected chi connectivity index (χ4v) is 4.17. The van der Waals surface area contributed by atoms with Gasteiger partial charge in [0.25, 0.3) is 0 Å². The molecule has 0 spiro atoms. The molecule has 1 amide bonds. The number of anilines is 1. The Hall–Kier alpha value is -4.15. The van der Waals surface area contributed by atoms with Crippen molar-refractivity contribution >= 4 is 17.6 Å². The van der Waals surface area contributed by atoms with E-state index < -0.39 is 0 Å². The van der Waals surface area contributed by atoms with Gasteiger partial charge in [-0.05, 0) is 30.7 Å². The van der Waals surface area contributed by atoms with Crippen molar-refractivity contribution in [1.29, 1.82) is 5.41 Å². The zero-order valence-corrected chi connectivity index (χ0v) is 18.8. The minimum atomic E-state index is -0.142. The molecule has 11 heteroatoms. The summed E-state index contributed by atoms with van der Waals surface area (Å²) in [5, 5.41) is 11.1. The third kappa shape index (κ3) is 4.63. The molecule has 0 bridgehead atoms. The van der Waals surface area contributed by atoms with Crippen molar-refractivity contribution in [1.82, 2.24) is 29.7 Å². The molecule has 34 heavy (non-hydrogen) atoms. The minimum absolute atomic E-state index is 0.0685. The summed E-state index contributed by atoms with van der Waals surface area (Å²) in [7, 11) is 0. The predicted octanol–water partition coefficient (Wildman–Crippen LogP) is 1.59. The SMILES string of the molecule is CC(=N)N1CCN(c2ccnc(-n3ccnc3)n2)C(CC(=O)NCc2ccc3c(c2)OCO3)C1. The van der Waals surface area contributed by atoms with Gasteiger partial charge in [0.1, 0.15) is 12.1 Å². The molecule has 176 valence electrons. The van der Waals surface area contributed by atoms with Crippen LogP contribution < -0.4 is 19.7 Å². The maximum Gasteiger partial charge on any atom is 0.236 e. The lowest BCUT2D eigenvalue weighted by Gasteiger charge is -2.42.